The lowest BCUT2D eigenvalue weighted by Crippen LogP contribution is -2.15. The van der Waals surface area contributed by atoms with Crippen LogP contribution < -0.4 is 0 Å². The molecule has 1 aliphatic carbocycles. The third kappa shape index (κ3) is 4.00. The lowest BCUT2D eigenvalue weighted by molar-refractivity contribution is 0.261. The van der Waals surface area contributed by atoms with Gasteiger partial charge in [0.05, 0.1) is 0 Å². The first-order valence-corrected chi connectivity index (χ1v) is 9.34. The van der Waals surface area contributed by atoms with Gasteiger partial charge in [0.1, 0.15) is 5.83 Å². The van der Waals surface area contributed by atoms with Crippen LogP contribution in [0.2, 0.25) is 0 Å². The van der Waals surface area contributed by atoms with Gasteiger partial charge in [0.2, 0.25) is 0 Å². The first-order chi connectivity index (χ1) is 12.1. The van der Waals surface area contributed by atoms with Crippen molar-refractivity contribution >= 4 is 22.7 Å². The van der Waals surface area contributed by atoms with Crippen LogP contribution in [-0.2, 0) is 0 Å². The Morgan fingerprint density at radius 1 is 1.04 bits per heavy atom. The Morgan fingerprint density at radius 2 is 1.72 bits per heavy atom. The quantitative estimate of drug-likeness (QED) is 0.523. The van der Waals surface area contributed by atoms with Gasteiger partial charge >= 0.3 is 0 Å². The van der Waals surface area contributed by atoms with E-state index in [1.54, 1.807) is 18.2 Å². The zero-order valence-electron chi connectivity index (χ0n) is 14.9. The zero-order valence-corrected chi connectivity index (χ0v) is 14.9. The molecule has 0 radical (unpaired) electrons. The molecule has 25 heavy (non-hydrogen) atoms. The molecule has 2 heteroatoms. The first-order valence-electron chi connectivity index (χ1n) is 9.34. The summed E-state index contributed by atoms with van der Waals surface area (Å²) in [5.74, 6) is -0.811. The molecule has 1 aliphatic rings. The largest absolute Gasteiger partial charge is 0.208 e. The summed E-state index contributed by atoms with van der Waals surface area (Å²) in [6, 6.07) is 11.1. The molecule has 3 rings (SSSR count). The highest BCUT2D eigenvalue weighted by molar-refractivity contribution is 5.87. The molecule has 2 aromatic carbocycles. The van der Waals surface area contributed by atoms with Crippen LogP contribution in [0.15, 0.2) is 48.8 Å². The van der Waals surface area contributed by atoms with Crippen LogP contribution in [0.3, 0.4) is 0 Å². The summed E-state index contributed by atoms with van der Waals surface area (Å²) < 4.78 is 29.4. The van der Waals surface area contributed by atoms with E-state index in [2.05, 4.69) is 13.5 Å². The number of fused-ring (bicyclic) bond motifs is 1. The van der Waals surface area contributed by atoms with Crippen LogP contribution in [0.1, 0.15) is 56.6 Å². The molecule has 1 saturated carbocycles. The molecule has 0 aliphatic heterocycles. The Bertz CT molecular complexity index is 780. The molecule has 0 saturated heterocycles. The summed E-state index contributed by atoms with van der Waals surface area (Å²) in [6.07, 6.45) is 7.72. The third-order valence-electron chi connectivity index (χ3n) is 5.47. The van der Waals surface area contributed by atoms with Gasteiger partial charge in [-0.3, -0.25) is 0 Å². The fourth-order valence-corrected chi connectivity index (χ4v) is 3.96. The van der Waals surface area contributed by atoms with E-state index in [-0.39, 0.29) is 5.92 Å². The van der Waals surface area contributed by atoms with Crippen molar-refractivity contribution in [3.05, 3.63) is 59.9 Å². The summed E-state index contributed by atoms with van der Waals surface area (Å²) in [4.78, 5) is 0. The number of hydrogen-bond donors (Lipinski definition) is 0. The Balaban J connectivity index is 1.81. The Labute approximate surface area is 149 Å². The molecule has 0 spiro atoms. The molecular weight excluding hydrogens is 314 g/mol. The minimum atomic E-state index is -0.686. The second kappa shape index (κ2) is 7.95. The van der Waals surface area contributed by atoms with E-state index in [0.717, 1.165) is 42.0 Å². The number of halogens is 2. The highest BCUT2D eigenvalue weighted by Gasteiger charge is 2.26. The van der Waals surface area contributed by atoms with E-state index in [4.69, 9.17) is 0 Å². The molecule has 0 unspecified atom stereocenters. The maximum atomic E-state index is 14.7. The second-order valence-corrected chi connectivity index (χ2v) is 7.19. The highest BCUT2D eigenvalue weighted by Crippen LogP contribution is 2.39. The lowest BCUT2D eigenvalue weighted by atomic mass is 9.79. The van der Waals surface area contributed by atoms with Gasteiger partial charge in [-0.25, -0.2) is 8.78 Å². The maximum Gasteiger partial charge on any atom is 0.162 e. The summed E-state index contributed by atoms with van der Waals surface area (Å²) in [5, 5.41) is 1.92. The van der Waals surface area contributed by atoms with Crippen molar-refractivity contribution in [2.75, 3.05) is 0 Å². The van der Waals surface area contributed by atoms with Crippen LogP contribution in [0, 0.1) is 11.8 Å². The van der Waals surface area contributed by atoms with Crippen molar-refractivity contribution in [1.82, 2.24) is 0 Å². The molecule has 132 valence electrons. The van der Waals surface area contributed by atoms with Gasteiger partial charge in [0, 0.05) is 11.5 Å². The van der Waals surface area contributed by atoms with Gasteiger partial charge in [-0.15, -0.1) is 0 Å². The predicted octanol–water partition coefficient (Wildman–Crippen LogP) is 7.70. The van der Waals surface area contributed by atoms with Crippen molar-refractivity contribution in [1.29, 1.82) is 0 Å². The fraction of sp³-hybridized carbons (Fsp3) is 0.391. The van der Waals surface area contributed by atoms with E-state index in [0.29, 0.717) is 11.5 Å². The Morgan fingerprint density at radius 3 is 2.40 bits per heavy atom. The van der Waals surface area contributed by atoms with Crippen LogP contribution in [0.5, 0.6) is 0 Å². The van der Waals surface area contributed by atoms with E-state index in [1.165, 1.54) is 12.8 Å². The molecule has 0 atom stereocenters. The topological polar surface area (TPSA) is 0 Å². The summed E-state index contributed by atoms with van der Waals surface area (Å²) in [5.41, 5.74) is 1.36. The van der Waals surface area contributed by atoms with Crippen LogP contribution in [-0.4, -0.2) is 0 Å². The number of rotatable bonds is 5. The minimum Gasteiger partial charge on any atom is -0.208 e. The van der Waals surface area contributed by atoms with E-state index >= 15 is 0 Å². The fourth-order valence-electron chi connectivity index (χ4n) is 3.96. The molecule has 0 N–H and O–H groups in total. The average molecular weight is 340 g/mol. The molecule has 0 nitrogen and oxygen atoms in total. The van der Waals surface area contributed by atoms with Gasteiger partial charge in [-0.1, -0.05) is 56.7 Å². The summed E-state index contributed by atoms with van der Waals surface area (Å²) in [7, 11) is 0. The van der Waals surface area contributed by atoms with Crippen LogP contribution >= 0.6 is 0 Å². The van der Waals surface area contributed by atoms with E-state index < -0.39 is 11.7 Å². The number of allylic oxidation sites excluding steroid dienone is 1. The van der Waals surface area contributed by atoms with Gasteiger partial charge < -0.3 is 0 Å². The standard InChI is InChI=1S/C23H26F2/c1-3-5-17-7-9-18(10-8-17)22(24)23(25)21-13-12-19-14-16(4-2)6-11-20(19)15-21/h4,6,11-15,17-18H,2-3,5,7-10H2,1H3. The van der Waals surface area contributed by atoms with Crippen molar-refractivity contribution in [2.24, 2.45) is 11.8 Å². The number of hydrogen-bond acceptors (Lipinski definition) is 0. The molecule has 0 heterocycles. The van der Waals surface area contributed by atoms with Crippen molar-refractivity contribution in [3.63, 3.8) is 0 Å². The van der Waals surface area contributed by atoms with Gasteiger partial charge in [0.15, 0.2) is 5.83 Å². The summed E-state index contributed by atoms with van der Waals surface area (Å²) in [6.45, 7) is 5.94. The Hall–Kier alpha value is -1.96. The molecular formula is C23H26F2. The van der Waals surface area contributed by atoms with Crippen molar-refractivity contribution in [3.8, 4) is 0 Å². The number of benzene rings is 2. The average Bonchev–Trinajstić information content (AvgIpc) is 2.67. The first kappa shape index (κ1) is 17.8. The van der Waals surface area contributed by atoms with Crippen molar-refractivity contribution in [2.45, 2.75) is 45.4 Å². The highest BCUT2D eigenvalue weighted by atomic mass is 19.2. The minimum absolute atomic E-state index is 0.257. The molecule has 0 aromatic heterocycles. The molecule has 1 fully saturated rings. The predicted molar refractivity (Wildman–Crippen MR) is 104 cm³/mol. The smallest absolute Gasteiger partial charge is 0.162 e. The van der Waals surface area contributed by atoms with E-state index in [1.807, 2.05) is 24.3 Å². The van der Waals surface area contributed by atoms with Gasteiger partial charge in [-0.05, 0) is 60.1 Å². The van der Waals surface area contributed by atoms with Crippen LogP contribution in [0.25, 0.3) is 22.7 Å². The maximum absolute atomic E-state index is 14.7. The SMILES string of the molecule is C=Cc1ccc2cc(C(F)=C(F)C3CCC(CCC)CC3)ccc2c1. The van der Waals surface area contributed by atoms with Crippen LogP contribution in [0.4, 0.5) is 8.78 Å². The normalized spacial score (nSPS) is 21.9. The monoisotopic (exact) mass is 340 g/mol. The van der Waals surface area contributed by atoms with Gasteiger partial charge in [0.25, 0.3) is 0 Å². The zero-order chi connectivity index (χ0) is 17.8. The van der Waals surface area contributed by atoms with Gasteiger partial charge in [-0.2, -0.15) is 0 Å². The second-order valence-electron chi connectivity index (χ2n) is 7.19. The molecule has 2 aromatic rings. The Kier molecular flexibility index (Phi) is 5.67. The lowest BCUT2D eigenvalue weighted by Gasteiger charge is -2.27. The third-order valence-corrected chi connectivity index (χ3v) is 5.47. The molecule has 0 bridgehead atoms. The molecule has 0 amide bonds. The van der Waals surface area contributed by atoms with Crippen molar-refractivity contribution < 1.29 is 8.78 Å². The summed E-state index contributed by atoms with van der Waals surface area (Å²) >= 11 is 0. The van der Waals surface area contributed by atoms with E-state index in [9.17, 15) is 8.78 Å².